The standard InChI is InChI=1S/C18H24N2O3S2/c1-10(2)20(11(3)4)17(21)13(6)23-18(22)15-12(5)19-16(25-15)14-8-7-9-24-14/h7-11,13H,1-6H3. The number of thiazole rings is 1. The Balaban J connectivity index is 2.12. The second-order valence-electron chi connectivity index (χ2n) is 6.39. The van der Waals surface area contributed by atoms with Crippen LogP contribution in [0.2, 0.25) is 0 Å². The molecule has 25 heavy (non-hydrogen) atoms. The van der Waals surface area contributed by atoms with E-state index in [9.17, 15) is 9.59 Å². The zero-order valence-corrected chi connectivity index (χ0v) is 17.0. The molecule has 2 rings (SSSR count). The van der Waals surface area contributed by atoms with Crippen LogP contribution in [0.25, 0.3) is 9.88 Å². The smallest absolute Gasteiger partial charge is 0.351 e. The van der Waals surface area contributed by atoms with Crippen molar-refractivity contribution in [3.63, 3.8) is 0 Å². The topological polar surface area (TPSA) is 59.5 Å². The predicted molar refractivity (Wildman–Crippen MR) is 102 cm³/mol. The van der Waals surface area contributed by atoms with Crippen molar-refractivity contribution in [2.24, 2.45) is 0 Å². The van der Waals surface area contributed by atoms with Gasteiger partial charge in [-0.15, -0.1) is 22.7 Å². The molecule has 0 saturated carbocycles. The molecule has 0 aromatic carbocycles. The van der Waals surface area contributed by atoms with E-state index in [1.54, 1.807) is 30.1 Å². The minimum absolute atomic E-state index is 0.0456. The van der Waals surface area contributed by atoms with Crippen molar-refractivity contribution in [2.75, 3.05) is 0 Å². The molecule has 7 heteroatoms. The van der Waals surface area contributed by atoms with E-state index in [1.807, 2.05) is 45.2 Å². The molecule has 2 aromatic heterocycles. The fourth-order valence-corrected chi connectivity index (χ4v) is 4.42. The van der Waals surface area contributed by atoms with Crippen LogP contribution < -0.4 is 0 Å². The summed E-state index contributed by atoms with van der Waals surface area (Å²) in [5, 5.41) is 2.77. The fraction of sp³-hybridized carbons (Fsp3) is 0.500. The Kier molecular flexibility index (Phi) is 6.35. The molecule has 0 fully saturated rings. The van der Waals surface area contributed by atoms with Crippen LogP contribution in [0.5, 0.6) is 0 Å². The molecule has 0 N–H and O–H groups in total. The van der Waals surface area contributed by atoms with Crippen LogP contribution in [0.4, 0.5) is 0 Å². The highest BCUT2D eigenvalue weighted by atomic mass is 32.1. The minimum atomic E-state index is -0.830. The number of carbonyl (C=O) groups is 2. The Morgan fingerprint density at radius 1 is 1.16 bits per heavy atom. The molecular weight excluding hydrogens is 356 g/mol. The van der Waals surface area contributed by atoms with Gasteiger partial charge in [-0.25, -0.2) is 9.78 Å². The zero-order chi connectivity index (χ0) is 18.7. The van der Waals surface area contributed by atoms with Gasteiger partial charge in [-0.05, 0) is 53.0 Å². The van der Waals surface area contributed by atoms with E-state index >= 15 is 0 Å². The summed E-state index contributed by atoms with van der Waals surface area (Å²) in [6.07, 6.45) is -0.830. The number of ether oxygens (including phenoxy) is 1. The summed E-state index contributed by atoms with van der Waals surface area (Å²) in [7, 11) is 0. The Morgan fingerprint density at radius 3 is 2.32 bits per heavy atom. The minimum Gasteiger partial charge on any atom is -0.448 e. The fourth-order valence-electron chi connectivity index (χ4n) is 2.67. The Hall–Kier alpha value is -1.73. The molecule has 0 bridgehead atoms. The second kappa shape index (κ2) is 8.10. The lowest BCUT2D eigenvalue weighted by atomic mass is 10.2. The number of hydrogen-bond donors (Lipinski definition) is 0. The van der Waals surface area contributed by atoms with Gasteiger partial charge in [0.1, 0.15) is 9.88 Å². The molecule has 0 saturated heterocycles. The maximum atomic E-state index is 12.6. The van der Waals surface area contributed by atoms with Gasteiger partial charge in [0.15, 0.2) is 6.10 Å². The summed E-state index contributed by atoms with van der Waals surface area (Å²) >= 11 is 2.87. The van der Waals surface area contributed by atoms with Crippen LogP contribution in [-0.2, 0) is 9.53 Å². The third-order valence-corrected chi connectivity index (χ3v) is 5.89. The SMILES string of the molecule is Cc1nc(-c2cccs2)sc1C(=O)OC(C)C(=O)N(C(C)C)C(C)C. The predicted octanol–water partition coefficient (Wildman–Crippen LogP) is 4.37. The highest BCUT2D eigenvalue weighted by Crippen LogP contribution is 2.31. The van der Waals surface area contributed by atoms with Gasteiger partial charge in [0.2, 0.25) is 0 Å². The van der Waals surface area contributed by atoms with Crippen molar-refractivity contribution < 1.29 is 14.3 Å². The molecule has 2 aromatic rings. The largest absolute Gasteiger partial charge is 0.448 e. The van der Waals surface area contributed by atoms with Crippen molar-refractivity contribution >= 4 is 34.6 Å². The third kappa shape index (κ3) is 4.46. The van der Waals surface area contributed by atoms with E-state index in [-0.39, 0.29) is 18.0 Å². The van der Waals surface area contributed by atoms with Crippen molar-refractivity contribution in [2.45, 2.75) is 59.7 Å². The Labute approximate surface area is 156 Å². The number of rotatable bonds is 6. The number of nitrogens with zero attached hydrogens (tertiary/aromatic N) is 2. The number of aryl methyl sites for hydroxylation is 1. The first kappa shape index (κ1) is 19.6. The van der Waals surface area contributed by atoms with Crippen LogP contribution in [-0.4, -0.2) is 39.9 Å². The van der Waals surface area contributed by atoms with E-state index in [0.717, 1.165) is 9.88 Å². The second-order valence-corrected chi connectivity index (χ2v) is 8.34. The lowest BCUT2D eigenvalue weighted by molar-refractivity contribution is -0.143. The van der Waals surface area contributed by atoms with Gasteiger partial charge in [0, 0.05) is 12.1 Å². The molecule has 2 heterocycles. The Morgan fingerprint density at radius 2 is 1.80 bits per heavy atom. The van der Waals surface area contributed by atoms with Gasteiger partial charge in [0.25, 0.3) is 5.91 Å². The Bertz CT molecular complexity index is 728. The first-order valence-electron chi connectivity index (χ1n) is 8.26. The monoisotopic (exact) mass is 380 g/mol. The van der Waals surface area contributed by atoms with Gasteiger partial charge in [-0.3, -0.25) is 4.79 Å². The molecule has 0 aliphatic rings. The average Bonchev–Trinajstić information content (AvgIpc) is 3.15. The van der Waals surface area contributed by atoms with Gasteiger partial charge in [-0.1, -0.05) is 6.07 Å². The first-order valence-corrected chi connectivity index (χ1v) is 9.96. The van der Waals surface area contributed by atoms with Crippen molar-refractivity contribution in [1.82, 2.24) is 9.88 Å². The van der Waals surface area contributed by atoms with Crippen LogP contribution >= 0.6 is 22.7 Å². The maximum Gasteiger partial charge on any atom is 0.351 e. The van der Waals surface area contributed by atoms with Crippen LogP contribution in [0.15, 0.2) is 17.5 Å². The van der Waals surface area contributed by atoms with Gasteiger partial charge in [-0.2, -0.15) is 0 Å². The third-order valence-electron chi connectivity index (χ3n) is 3.71. The molecule has 0 aliphatic carbocycles. The molecule has 5 nitrogen and oxygen atoms in total. The molecule has 0 radical (unpaired) electrons. The van der Waals surface area contributed by atoms with E-state index < -0.39 is 12.1 Å². The van der Waals surface area contributed by atoms with E-state index in [0.29, 0.717) is 10.6 Å². The summed E-state index contributed by atoms with van der Waals surface area (Å²) in [5.74, 6) is -0.676. The van der Waals surface area contributed by atoms with E-state index in [2.05, 4.69) is 4.98 Å². The van der Waals surface area contributed by atoms with E-state index in [1.165, 1.54) is 11.3 Å². The average molecular weight is 381 g/mol. The van der Waals surface area contributed by atoms with Crippen molar-refractivity contribution in [1.29, 1.82) is 0 Å². The summed E-state index contributed by atoms with van der Waals surface area (Å²) in [5.41, 5.74) is 0.627. The molecule has 0 aliphatic heterocycles. The van der Waals surface area contributed by atoms with Crippen LogP contribution in [0.3, 0.4) is 0 Å². The van der Waals surface area contributed by atoms with E-state index in [4.69, 9.17) is 4.74 Å². The molecule has 1 atom stereocenters. The summed E-state index contributed by atoms with van der Waals surface area (Å²) in [6, 6.07) is 4.00. The normalized spacial score (nSPS) is 12.5. The molecular formula is C18H24N2O3S2. The maximum absolute atomic E-state index is 12.6. The van der Waals surface area contributed by atoms with Crippen molar-refractivity contribution in [3.8, 4) is 9.88 Å². The van der Waals surface area contributed by atoms with Gasteiger partial charge >= 0.3 is 5.97 Å². The number of thiophene rings is 1. The number of amides is 1. The number of hydrogen-bond acceptors (Lipinski definition) is 6. The zero-order valence-electron chi connectivity index (χ0n) is 15.4. The number of aromatic nitrogens is 1. The van der Waals surface area contributed by atoms with Crippen molar-refractivity contribution in [3.05, 3.63) is 28.1 Å². The molecule has 1 unspecified atom stereocenters. The number of carbonyl (C=O) groups excluding carboxylic acids is 2. The molecule has 0 spiro atoms. The summed E-state index contributed by atoms with van der Waals surface area (Å²) < 4.78 is 5.43. The van der Waals surface area contributed by atoms with Crippen LogP contribution in [0.1, 0.15) is 50.0 Å². The molecule has 1 amide bonds. The lowest BCUT2D eigenvalue weighted by Gasteiger charge is -2.32. The van der Waals surface area contributed by atoms with Crippen LogP contribution in [0, 0.1) is 6.92 Å². The summed E-state index contributed by atoms with van der Waals surface area (Å²) in [4.78, 5) is 32.8. The van der Waals surface area contributed by atoms with Gasteiger partial charge in [0.05, 0.1) is 10.6 Å². The highest BCUT2D eigenvalue weighted by Gasteiger charge is 2.29. The highest BCUT2D eigenvalue weighted by molar-refractivity contribution is 7.22. The molecule has 136 valence electrons. The van der Waals surface area contributed by atoms with Gasteiger partial charge < -0.3 is 9.64 Å². The first-order chi connectivity index (χ1) is 11.7. The lowest BCUT2D eigenvalue weighted by Crippen LogP contribution is -2.47. The quantitative estimate of drug-likeness (QED) is 0.698. The summed E-state index contributed by atoms with van der Waals surface area (Å²) in [6.45, 7) is 11.2. The number of esters is 1.